The van der Waals surface area contributed by atoms with Gasteiger partial charge < -0.3 is 4.74 Å². The molecule has 0 spiro atoms. The van der Waals surface area contributed by atoms with Crippen LogP contribution in [0.1, 0.15) is 15.9 Å². The Morgan fingerprint density at radius 2 is 1.92 bits per heavy atom. The van der Waals surface area contributed by atoms with Crippen molar-refractivity contribution in [1.29, 1.82) is 0 Å². The zero-order valence-electron chi connectivity index (χ0n) is 12.2. The smallest absolute Gasteiger partial charge is 0.343 e. The van der Waals surface area contributed by atoms with Crippen LogP contribution in [-0.4, -0.2) is 27.1 Å². The number of nitrogens with zero attached hydrogens (tertiary/aromatic N) is 3. The molecule has 0 aliphatic heterocycles. The largest absolute Gasteiger partial charge is 0.423 e. The Morgan fingerprint density at radius 1 is 1.21 bits per heavy atom. The molecule has 0 aliphatic carbocycles. The number of benzene rings is 2. The van der Waals surface area contributed by atoms with E-state index in [0.717, 1.165) is 5.56 Å². The van der Waals surface area contributed by atoms with Crippen molar-refractivity contribution in [2.24, 2.45) is 5.10 Å². The van der Waals surface area contributed by atoms with Crippen LogP contribution in [0.15, 0.2) is 60.0 Å². The minimum atomic E-state index is -0.555. The molecule has 3 aromatic rings. The molecule has 8 heteroatoms. The van der Waals surface area contributed by atoms with E-state index in [9.17, 15) is 9.18 Å². The van der Waals surface area contributed by atoms with E-state index in [-0.39, 0.29) is 5.56 Å². The van der Waals surface area contributed by atoms with Crippen LogP contribution in [0, 0.1) is 10.6 Å². The van der Waals surface area contributed by atoms with Crippen molar-refractivity contribution in [2.75, 3.05) is 0 Å². The molecule has 0 saturated heterocycles. The molecule has 0 bridgehead atoms. The molecular formula is C16H11FN4O2S. The third-order valence-electron chi connectivity index (χ3n) is 3.04. The van der Waals surface area contributed by atoms with Crippen LogP contribution in [-0.2, 0) is 0 Å². The monoisotopic (exact) mass is 342 g/mol. The number of halogens is 1. The van der Waals surface area contributed by atoms with Gasteiger partial charge in [0, 0.05) is 0 Å². The van der Waals surface area contributed by atoms with Gasteiger partial charge in [-0.25, -0.2) is 9.18 Å². The van der Waals surface area contributed by atoms with Crippen LogP contribution in [0.3, 0.4) is 0 Å². The van der Waals surface area contributed by atoms with E-state index in [4.69, 9.17) is 17.0 Å². The van der Waals surface area contributed by atoms with Gasteiger partial charge in [-0.1, -0.05) is 0 Å². The van der Waals surface area contributed by atoms with Gasteiger partial charge in [0.25, 0.3) is 0 Å². The fourth-order valence-corrected chi connectivity index (χ4v) is 1.97. The molecule has 0 saturated carbocycles. The van der Waals surface area contributed by atoms with Crippen molar-refractivity contribution in [2.45, 2.75) is 0 Å². The molecule has 0 amide bonds. The molecule has 1 heterocycles. The molecule has 1 N–H and O–H groups in total. The van der Waals surface area contributed by atoms with Gasteiger partial charge >= 0.3 is 5.97 Å². The predicted octanol–water partition coefficient (Wildman–Crippen LogP) is 3.18. The highest BCUT2D eigenvalue weighted by atomic mass is 32.1. The summed E-state index contributed by atoms with van der Waals surface area (Å²) in [6.07, 6.45) is 3.05. The minimum Gasteiger partial charge on any atom is -0.423 e. The van der Waals surface area contributed by atoms with Crippen LogP contribution >= 0.6 is 12.2 Å². The highest BCUT2D eigenvalue weighted by molar-refractivity contribution is 7.71. The van der Waals surface area contributed by atoms with E-state index in [0.29, 0.717) is 10.5 Å². The van der Waals surface area contributed by atoms with E-state index in [1.807, 2.05) is 0 Å². The van der Waals surface area contributed by atoms with Crippen LogP contribution < -0.4 is 4.74 Å². The first kappa shape index (κ1) is 15.8. The number of aromatic amines is 1. The number of hydrogen-bond donors (Lipinski definition) is 1. The second-order valence-corrected chi connectivity index (χ2v) is 5.10. The number of rotatable bonds is 4. The number of aromatic nitrogens is 3. The molecule has 0 aliphatic rings. The van der Waals surface area contributed by atoms with Gasteiger partial charge in [0.05, 0.1) is 11.8 Å². The van der Waals surface area contributed by atoms with Crippen LogP contribution in [0.2, 0.25) is 0 Å². The topological polar surface area (TPSA) is 72.3 Å². The van der Waals surface area contributed by atoms with E-state index in [1.54, 1.807) is 30.5 Å². The van der Waals surface area contributed by atoms with Crippen molar-refractivity contribution >= 4 is 24.4 Å². The number of esters is 1. The van der Waals surface area contributed by atoms with E-state index >= 15 is 0 Å². The second kappa shape index (κ2) is 6.97. The van der Waals surface area contributed by atoms with Gasteiger partial charge in [-0.05, 0) is 66.3 Å². The summed E-state index contributed by atoms with van der Waals surface area (Å²) in [6, 6.07) is 11.9. The summed E-state index contributed by atoms with van der Waals surface area (Å²) in [5, 5.41) is 10.5. The molecule has 0 fully saturated rings. The first-order valence-electron chi connectivity index (χ1n) is 6.86. The number of H-pyrrole nitrogens is 1. The third-order valence-corrected chi connectivity index (χ3v) is 3.32. The number of hydrogen-bond acceptors (Lipinski definition) is 5. The minimum absolute atomic E-state index is 0.274. The molecule has 0 unspecified atom stereocenters. The number of nitrogens with one attached hydrogen (secondary N) is 1. The maximum absolute atomic E-state index is 12.8. The van der Waals surface area contributed by atoms with Crippen molar-refractivity contribution in [3.05, 3.63) is 76.6 Å². The predicted molar refractivity (Wildman–Crippen MR) is 88.2 cm³/mol. The van der Waals surface area contributed by atoms with E-state index < -0.39 is 11.8 Å². The summed E-state index contributed by atoms with van der Waals surface area (Å²) in [7, 11) is 0. The summed E-state index contributed by atoms with van der Waals surface area (Å²) in [4.78, 5) is 11.9. The quantitative estimate of drug-likeness (QED) is 0.342. The molecule has 24 heavy (non-hydrogen) atoms. The van der Waals surface area contributed by atoms with Crippen molar-refractivity contribution in [3.63, 3.8) is 0 Å². The van der Waals surface area contributed by atoms with Gasteiger partial charge in [-0.2, -0.15) is 14.9 Å². The molecule has 1 aromatic heterocycles. The van der Waals surface area contributed by atoms with Crippen molar-refractivity contribution in [3.8, 4) is 5.75 Å². The fraction of sp³-hybridized carbons (Fsp3) is 0. The normalized spacial score (nSPS) is 10.9. The first-order valence-corrected chi connectivity index (χ1v) is 7.27. The lowest BCUT2D eigenvalue weighted by atomic mass is 10.2. The zero-order chi connectivity index (χ0) is 16.9. The van der Waals surface area contributed by atoms with Crippen molar-refractivity contribution < 1.29 is 13.9 Å². The average Bonchev–Trinajstić information content (AvgIpc) is 3.00. The van der Waals surface area contributed by atoms with Crippen LogP contribution in [0.25, 0.3) is 0 Å². The lowest BCUT2D eigenvalue weighted by molar-refractivity contribution is 0.0734. The summed E-state index contributed by atoms with van der Waals surface area (Å²) < 4.78 is 19.9. The highest BCUT2D eigenvalue weighted by Gasteiger charge is 2.08. The Kier molecular flexibility index (Phi) is 4.57. The molecule has 6 nitrogen and oxygen atoms in total. The lowest BCUT2D eigenvalue weighted by Gasteiger charge is -2.04. The number of carbonyl (C=O) groups is 1. The van der Waals surface area contributed by atoms with Gasteiger partial charge in [0.15, 0.2) is 0 Å². The van der Waals surface area contributed by atoms with Gasteiger partial charge in [0.2, 0.25) is 4.77 Å². The fourth-order valence-electron chi connectivity index (χ4n) is 1.83. The third kappa shape index (κ3) is 3.79. The summed E-state index contributed by atoms with van der Waals surface area (Å²) >= 11 is 4.97. The average molecular weight is 342 g/mol. The zero-order valence-corrected chi connectivity index (χ0v) is 13.0. The molecular weight excluding hydrogens is 331 g/mol. The Balaban J connectivity index is 1.67. The SMILES string of the molecule is O=C(Oc1ccc(/C=N\n2cn[nH]c2=S)cc1)c1ccc(F)cc1. The van der Waals surface area contributed by atoms with Gasteiger partial charge in [-0.15, -0.1) is 0 Å². The first-order chi connectivity index (χ1) is 11.6. The van der Waals surface area contributed by atoms with Crippen molar-refractivity contribution in [1.82, 2.24) is 14.9 Å². The Hall–Kier alpha value is -3.13. The maximum atomic E-state index is 12.8. The van der Waals surface area contributed by atoms with Gasteiger partial charge in [0.1, 0.15) is 17.9 Å². The molecule has 3 rings (SSSR count). The summed E-state index contributed by atoms with van der Waals surface area (Å²) in [5.74, 6) is -0.588. The maximum Gasteiger partial charge on any atom is 0.343 e. The lowest BCUT2D eigenvalue weighted by Crippen LogP contribution is -2.08. The number of carbonyl (C=O) groups excluding carboxylic acids is 1. The van der Waals surface area contributed by atoms with Crippen LogP contribution in [0.5, 0.6) is 5.75 Å². The van der Waals surface area contributed by atoms with E-state index in [1.165, 1.54) is 35.3 Å². The molecule has 2 aromatic carbocycles. The number of ether oxygens (including phenoxy) is 1. The molecule has 0 atom stereocenters. The molecule has 0 radical (unpaired) electrons. The Bertz CT molecular complexity index is 930. The highest BCUT2D eigenvalue weighted by Crippen LogP contribution is 2.14. The summed E-state index contributed by atoms with van der Waals surface area (Å²) in [5.41, 5.74) is 1.07. The van der Waals surface area contributed by atoms with E-state index in [2.05, 4.69) is 15.3 Å². The van der Waals surface area contributed by atoms with Crippen LogP contribution in [0.4, 0.5) is 4.39 Å². The Morgan fingerprint density at radius 3 is 2.54 bits per heavy atom. The summed E-state index contributed by atoms with van der Waals surface area (Å²) in [6.45, 7) is 0. The van der Waals surface area contributed by atoms with Gasteiger partial charge in [-0.3, -0.25) is 5.10 Å². The second-order valence-electron chi connectivity index (χ2n) is 4.72. The standard InChI is InChI=1S/C16H11FN4O2S/c17-13-5-3-12(4-6-13)15(22)23-14-7-1-11(2-8-14)9-19-21-10-18-20-16(21)24/h1-10H,(H,20,24)/b19-9-. The Labute approximate surface area is 141 Å². The molecule has 120 valence electrons.